The van der Waals surface area contributed by atoms with E-state index in [4.69, 9.17) is 9.47 Å². The zero-order valence-electron chi connectivity index (χ0n) is 17.5. The number of allylic oxidation sites excluding steroid dienone is 1. The van der Waals surface area contributed by atoms with E-state index in [0.717, 1.165) is 46.9 Å². The van der Waals surface area contributed by atoms with E-state index in [1.54, 1.807) is 0 Å². The smallest absolute Gasteiger partial charge is 0.433 e. The van der Waals surface area contributed by atoms with E-state index < -0.39 is 30.8 Å². The Bertz CT molecular complexity index is 1310. The number of sulfone groups is 2. The van der Waals surface area contributed by atoms with Crippen LogP contribution in [-0.4, -0.2) is 47.0 Å². The molecule has 2 aliphatic rings. The molecule has 0 amide bonds. The second-order valence-electron chi connectivity index (χ2n) is 7.89. The van der Waals surface area contributed by atoms with Crippen LogP contribution in [0.4, 0.5) is 4.79 Å². The first kappa shape index (κ1) is 22.3. The van der Waals surface area contributed by atoms with Crippen molar-refractivity contribution >= 4 is 25.8 Å². The van der Waals surface area contributed by atoms with Crippen molar-refractivity contribution in [2.45, 2.75) is 17.3 Å². The summed E-state index contributed by atoms with van der Waals surface area (Å²) in [4.78, 5) is 10.5. The van der Waals surface area contributed by atoms with E-state index in [2.05, 4.69) is 0 Å². The summed E-state index contributed by atoms with van der Waals surface area (Å²) in [5.41, 5.74) is 4.15. The van der Waals surface area contributed by atoms with Crippen LogP contribution < -0.4 is 0 Å². The molecule has 1 atom stereocenters. The van der Waals surface area contributed by atoms with Gasteiger partial charge in [0.2, 0.25) is 4.93 Å². The molecule has 2 aromatic rings. The second kappa shape index (κ2) is 7.90. The summed E-state index contributed by atoms with van der Waals surface area (Å²) in [6.45, 7) is -0.0269. The van der Waals surface area contributed by atoms with Crippen LogP contribution >= 0.6 is 0 Å². The van der Waals surface area contributed by atoms with Crippen molar-refractivity contribution in [3.05, 3.63) is 82.8 Å². The standard InChI is InChI=1S/C23H22O7S2/c1-31(25,26)16-11-13-23(14-12-16,32(2,27)28)30-22(24)29-15-21-19-9-5-3-7-17(19)18-8-4-6-10-20(18)21/h3-13,21H,14-15H2,1-2H3. The fourth-order valence-corrected chi connectivity index (χ4v) is 5.67. The summed E-state index contributed by atoms with van der Waals surface area (Å²) in [6, 6.07) is 15.6. The Kier molecular flexibility index (Phi) is 5.50. The van der Waals surface area contributed by atoms with Crippen LogP contribution in [0.1, 0.15) is 23.5 Å². The van der Waals surface area contributed by atoms with Gasteiger partial charge in [-0.2, -0.15) is 0 Å². The molecular weight excluding hydrogens is 452 g/mol. The maximum absolute atomic E-state index is 12.5. The van der Waals surface area contributed by atoms with Crippen LogP contribution in [0.5, 0.6) is 0 Å². The molecule has 0 bridgehead atoms. The molecule has 0 aromatic heterocycles. The average molecular weight is 475 g/mol. The van der Waals surface area contributed by atoms with Gasteiger partial charge in [0.25, 0.3) is 0 Å². The molecule has 0 radical (unpaired) electrons. The minimum absolute atomic E-state index is 0.0269. The van der Waals surface area contributed by atoms with Crippen molar-refractivity contribution in [2.24, 2.45) is 0 Å². The molecule has 0 N–H and O–H groups in total. The van der Waals surface area contributed by atoms with E-state index in [1.807, 2.05) is 48.5 Å². The zero-order valence-corrected chi connectivity index (χ0v) is 19.1. The molecule has 0 aliphatic heterocycles. The molecule has 2 aliphatic carbocycles. The lowest BCUT2D eigenvalue weighted by atomic mass is 9.98. The van der Waals surface area contributed by atoms with Gasteiger partial charge < -0.3 is 9.47 Å². The molecule has 2 aromatic carbocycles. The Hall–Kier alpha value is -2.91. The number of hydrogen-bond donors (Lipinski definition) is 0. The van der Waals surface area contributed by atoms with Crippen LogP contribution in [0, 0.1) is 0 Å². The minimum atomic E-state index is -3.94. The molecule has 0 fully saturated rings. The molecule has 1 unspecified atom stereocenters. The van der Waals surface area contributed by atoms with Gasteiger partial charge in [0, 0.05) is 24.9 Å². The lowest BCUT2D eigenvalue weighted by molar-refractivity contribution is 0.0217. The van der Waals surface area contributed by atoms with Gasteiger partial charge in [0.1, 0.15) is 6.61 Å². The van der Waals surface area contributed by atoms with Gasteiger partial charge in [-0.15, -0.1) is 0 Å². The SMILES string of the molecule is CS(=O)(=O)C1=CCC(OC(=O)OCC2c3ccccc3-c3ccccc32)(S(C)(=O)=O)C=C1. The maximum Gasteiger partial charge on any atom is 0.510 e. The highest BCUT2D eigenvalue weighted by Gasteiger charge is 2.44. The van der Waals surface area contributed by atoms with Gasteiger partial charge in [0.15, 0.2) is 19.7 Å². The molecule has 9 heteroatoms. The van der Waals surface area contributed by atoms with Crippen molar-refractivity contribution in [1.29, 1.82) is 0 Å². The summed E-state index contributed by atoms with van der Waals surface area (Å²) in [5.74, 6) is -0.206. The third-order valence-corrected chi connectivity index (χ3v) is 8.53. The Labute approximate surface area is 187 Å². The average Bonchev–Trinajstić information content (AvgIpc) is 3.05. The molecule has 0 saturated carbocycles. The Morgan fingerprint density at radius 2 is 1.53 bits per heavy atom. The first-order chi connectivity index (χ1) is 15.0. The minimum Gasteiger partial charge on any atom is -0.433 e. The van der Waals surface area contributed by atoms with Crippen LogP contribution in [0.3, 0.4) is 0 Å². The lowest BCUT2D eigenvalue weighted by Crippen LogP contribution is -2.42. The predicted octanol–water partition coefficient (Wildman–Crippen LogP) is 3.58. The van der Waals surface area contributed by atoms with Gasteiger partial charge in [-0.3, -0.25) is 0 Å². The normalized spacial score (nSPS) is 20.2. The largest absolute Gasteiger partial charge is 0.510 e. The van der Waals surface area contributed by atoms with E-state index in [9.17, 15) is 21.6 Å². The third kappa shape index (κ3) is 3.98. The lowest BCUT2D eigenvalue weighted by Gasteiger charge is -2.29. The highest BCUT2D eigenvalue weighted by Crippen LogP contribution is 2.44. The monoisotopic (exact) mass is 474 g/mol. The number of hydrogen-bond acceptors (Lipinski definition) is 7. The van der Waals surface area contributed by atoms with E-state index in [0.29, 0.717) is 0 Å². The Morgan fingerprint density at radius 1 is 0.969 bits per heavy atom. The van der Waals surface area contributed by atoms with Crippen molar-refractivity contribution in [3.8, 4) is 11.1 Å². The first-order valence-electron chi connectivity index (χ1n) is 9.85. The van der Waals surface area contributed by atoms with Crippen LogP contribution in [0.15, 0.2) is 71.7 Å². The summed E-state index contributed by atoms with van der Waals surface area (Å²) in [5, 5.41) is 0. The first-order valence-corrected chi connectivity index (χ1v) is 13.6. The third-order valence-electron chi connectivity index (χ3n) is 5.73. The molecule has 32 heavy (non-hydrogen) atoms. The van der Waals surface area contributed by atoms with E-state index in [-0.39, 0.29) is 23.9 Å². The quantitative estimate of drug-likeness (QED) is 0.610. The highest BCUT2D eigenvalue weighted by atomic mass is 32.2. The molecule has 0 spiro atoms. The molecule has 0 heterocycles. The van der Waals surface area contributed by atoms with Crippen LogP contribution in [0.2, 0.25) is 0 Å². The number of carbonyl (C=O) groups is 1. The Morgan fingerprint density at radius 3 is 2.00 bits per heavy atom. The Balaban J connectivity index is 1.53. The number of fused-ring (bicyclic) bond motifs is 3. The van der Waals surface area contributed by atoms with Gasteiger partial charge >= 0.3 is 6.16 Å². The molecular formula is C23H22O7S2. The van der Waals surface area contributed by atoms with E-state index >= 15 is 0 Å². The van der Waals surface area contributed by atoms with Gasteiger partial charge in [0.05, 0.1) is 4.91 Å². The second-order valence-corrected chi connectivity index (χ2v) is 12.1. The summed E-state index contributed by atoms with van der Waals surface area (Å²) >= 11 is 0. The molecule has 0 saturated heterocycles. The van der Waals surface area contributed by atoms with Gasteiger partial charge in [-0.25, -0.2) is 21.6 Å². The van der Waals surface area contributed by atoms with Crippen LogP contribution in [0.25, 0.3) is 11.1 Å². The number of rotatable bonds is 5. The highest BCUT2D eigenvalue weighted by molar-refractivity contribution is 7.94. The predicted molar refractivity (Wildman–Crippen MR) is 120 cm³/mol. The molecule has 4 rings (SSSR count). The van der Waals surface area contributed by atoms with E-state index in [1.165, 1.54) is 6.08 Å². The molecule has 7 nitrogen and oxygen atoms in total. The zero-order chi connectivity index (χ0) is 23.1. The van der Waals surface area contributed by atoms with Crippen molar-refractivity contribution in [3.63, 3.8) is 0 Å². The summed E-state index contributed by atoms with van der Waals surface area (Å²) < 4.78 is 58.9. The van der Waals surface area contributed by atoms with Crippen molar-refractivity contribution < 1.29 is 31.1 Å². The maximum atomic E-state index is 12.5. The number of carbonyl (C=O) groups excluding carboxylic acids is 1. The fraction of sp³-hybridized carbons (Fsp3) is 0.261. The molecule has 168 valence electrons. The van der Waals surface area contributed by atoms with Gasteiger partial charge in [-0.1, -0.05) is 54.6 Å². The van der Waals surface area contributed by atoms with Crippen LogP contribution in [-0.2, 0) is 29.1 Å². The topological polar surface area (TPSA) is 104 Å². The number of ether oxygens (including phenoxy) is 2. The summed E-state index contributed by atoms with van der Waals surface area (Å²) in [7, 11) is -7.46. The van der Waals surface area contributed by atoms with Crippen molar-refractivity contribution in [2.75, 3.05) is 19.1 Å². The van der Waals surface area contributed by atoms with Crippen molar-refractivity contribution in [1.82, 2.24) is 0 Å². The number of benzene rings is 2. The van der Waals surface area contributed by atoms with Gasteiger partial charge in [-0.05, 0) is 34.4 Å². The summed E-state index contributed by atoms with van der Waals surface area (Å²) in [6.07, 6.45) is 3.92. The fourth-order valence-electron chi connectivity index (χ4n) is 4.05.